The van der Waals surface area contributed by atoms with E-state index in [1.807, 2.05) is 114 Å². The van der Waals surface area contributed by atoms with Crippen molar-refractivity contribution >= 4 is 176 Å². The second-order valence-corrected chi connectivity index (χ2v) is 39.6. The van der Waals surface area contributed by atoms with Gasteiger partial charge >= 0.3 is 6.09 Å². The number of carbonyl (C=O) groups is 5. The van der Waals surface area contributed by atoms with Crippen molar-refractivity contribution in [2.75, 3.05) is 117 Å². The Labute approximate surface area is 783 Å². The first-order chi connectivity index (χ1) is 63.0. The summed E-state index contributed by atoms with van der Waals surface area (Å²) in [6.45, 7) is 11.4. The fourth-order valence-electron chi connectivity index (χ4n) is 14.6. The highest BCUT2D eigenvalue weighted by Gasteiger charge is 2.38. The lowest BCUT2D eigenvalue weighted by Gasteiger charge is -2.41. The molecule has 5 amide bonds. The van der Waals surface area contributed by atoms with E-state index in [-0.39, 0.29) is 81.9 Å². The average molecular weight is 1940 g/mol. The molecule has 4 fully saturated rings. The maximum absolute atomic E-state index is 13.1. The fourth-order valence-corrected chi connectivity index (χ4v) is 21.0. The number of anilines is 9. The van der Waals surface area contributed by atoms with Crippen LogP contribution in [0.2, 0.25) is 5.02 Å². The molecule has 35 nitrogen and oxygen atoms in total. The zero-order valence-corrected chi connectivity index (χ0v) is 77.4. The van der Waals surface area contributed by atoms with Crippen molar-refractivity contribution in [3.05, 3.63) is 270 Å². The number of methoxy groups -OCH3 is 2. The Balaban J connectivity index is 0.000000247. The number of carbonyl (C=O) groups excluding carboxylic acids is 5. The van der Waals surface area contributed by atoms with Gasteiger partial charge in [-0.25, -0.2) is 63.4 Å². The summed E-state index contributed by atoms with van der Waals surface area (Å²) in [4.78, 5) is 94.7. The molecule has 131 heavy (non-hydrogen) atoms. The van der Waals surface area contributed by atoms with E-state index in [2.05, 4.69) is 63.3 Å². The number of fused-ring (bicyclic) bond motifs is 1. The second-order valence-electron chi connectivity index (χ2n) is 29.9. The second kappa shape index (κ2) is 42.1. The molecule has 8 aromatic carbocycles. The third-order valence-corrected chi connectivity index (χ3v) is 29.5. The van der Waals surface area contributed by atoms with Crippen LogP contribution in [0, 0.1) is 13.8 Å². The topological polar surface area (TPSA) is 421 Å². The molecule has 4 aliphatic heterocycles. The number of aryl methyl sites for hydroxylation is 1. The Morgan fingerprint density at radius 1 is 0.550 bits per heavy atom. The van der Waals surface area contributed by atoms with Gasteiger partial charge in [-0.05, 0) is 195 Å². The zero-order chi connectivity index (χ0) is 92.6. The molecule has 1 unspecified atom stereocenters. The zero-order valence-electron chi connectivity index (χ0n) is 71.0. The van der Waals surface area contributed by atoms with Gasteiger partial charge in [0.05, 0.1) is 26.7 Å². The lowest BCUT2D eigenvalue weighted by Crippen LogP contribution is -2.54. The summed E-state index contributed by atoms with van der Waals surface area (Å²) in [5.41, 5.74) is 7.36. The molecule has 0 radical (unpaired) electrons. The summed E-state index contributed by atoms with van der Waals surface area (Å²) < 4.78 is 137. The molecule has 4 aliphatic rings. The van der Waals surface area contributed by atoms with Crippen LogP contribution in [-0.4, -0.2) is 198 Å². The quantitative estimate of drug-likeness (QED) is 0.0336. The van der Waals surface area contributed by atoms with Gasteiger partial charge in [-0.2, -0.15) is 4.37 Å². The Morgan fingerprint density at radius 3 is 1.63 bits per heavy atom. The number of rotatable bonds is 26. The Hall–Kier alpha value is -13.2. The van der Waals surface area contributed by atoms with Gasteiger partial charge in [-0.3, -0.25) is 43.4 Å². The van der Waals surface area contributed by atoms with Gasteiger partial charge in [0.15, 0.2) is 28.6 Å². The smallest absolute Gasteiger partial charge is 0.412 e. The average Bonchev–Trinajstić information content (AvgIpc) is 1.10. The minimum Gasteiger partial charge on any atom is -0.497 e. The summed E-state index contributed by atoms with van der Waals surface area (Å²) in [5, 5.41) is 8.40. The summed E-state index contributed by atoms with van der Waals surface area (Å²) in [6, 6.07) is 56.6. The molecule has 4 saturated heterocycles. The molecule has 696 valence electrons. The van der Waals surface area contributed by atoms with E-state index in [1.54, 1.807) is 115 Å². The molecule has 43 heteroatoms. The number of nitrogens with zero attached hydrogens (tertiary/aromatic N) is 13. The number of thiazole rings is 2. The van der Waals surface area contributed by atoms with E-state index >= 15 is 0 Å². The van der Waals surface area contributed by atoms with Crippen LogP contribution in [0.1, 0.15) is 52.5 Å². The molecular weight excluding hydrogens is 1840 g/mol. The number of halogens is 1. The van der Waals surface area contributed by atoms with E-state index in [0.717, 1.165) is 50.5 Å². The van der Waals surface area contributed by atoms with Gasteiger partial charge in [0.1, 0.15) is 36.5 Å². The van der Waals surface area contributed by atoms with Crippen LogP contribution in [0.3, 0.4) is 0 Å². The van der Waals surface area contributed by atoms with Crippen molar-refractivity contribution in [3.63, 3.8) is 0 Å². The summed E-state index contributed by atoms with van der Waals surface area (Å²) in [6.07, 6.45) is 7.02. The molecule has 0 aliphatic carbocycles. The monoisotopic (exact) mass is 1940 g/mol. The molecule has 5 aromatic heterocycles. The van der Waals surface area contributed by atoms with E-state index in [4.69, 9.17) is 30.5 Å². The van der Waals surface area contributed by atoms with Crippen molar-refractivity contribution in [2.45, 2.75) is 84.1 Å². The predicted octanol–water partition coefficient (Wildman–Crippen LogP) is 14.8. The normalized spacial score (nSPS) is 16.1. The van der Waals surface area contributed by atoms with Crippen LogP contribution in [0.5, 0.6) is 11.5 Å². The molecule has 5 N–H and O–H groups in total. The Bertz CT molecular complexity index is 6650. The number of hydrogen-bond acceptors (Lipinski definition) is 28. The molecule has 0 saturated carbocycles. The first-order valence-corrected chi connectivity index (χ1v) is 49.5. The fraction of sp³-hybridized carbons (Fsp3) is 0.239. The van der Waals surface area contributed by atoms with E-state index < -0.39 is 64.5 Å². The molecule has 9 heterocycles. The Kier molecular flexibility index (Phi) is 30.2. The summed E-state index contributed by atoms with van der Waals surface area (Å²) in [7, 11) is -11.9. The van der Waals surface area contributed by atoms with Crippen LogP contribution in [0.4, 0.5) is 54.4 Å². The number of nitrogens with one attached hydrogen (secondary N) is 5. The summed E-state index contributed by atoms with van der Waals surface area (Å²) in [5.74, 6) is 1.06. The van der Waals surface area contributed by atoms with Crippen LogP contribution >= 0.6 is 45.8 Å². The predicted molar refractivity (Wildman–Crippen MR) is 516 cm³/mol. The first kappa shape index (κ1) is 93.9. The van der Waals surface area contributed by atoms with Gasteiger partial charge in [-0.1, -0.05) is 60.1 Å². The van der Waals surface area contributed by atoms with Gasteiger partial charge in [0.2, 0.25) is 11.0 Å². The highest BCUT2D eigenvalue weighted by molar-refractivity contribution is 7.93. The third-order valence-electron chi connectivity index (χ3n) is 21.5. The highest BCUT2D eigenvalue weighted by atomic mass is 35.5. The number of sulfonamides is 4. The highest BCUT2D eigenvalue weighted by Crippen LogP contribution is 2.34. The maximum Gasteiger partial charge on any atom is 0.412 e. The van der Waals surface area contributed by atoms with Crippen LogP contribution in [0.15, 0.2) is 268 Å². The van der Waals surface area contributed by atoms with Crippen LogP contribution < -0.4 is 53.3 Å². The van der Waals surface area contributed by atoms with E-state index in [1.165, 1.54) is 101 Å². The van der Waals surface area contributed by atoms with Crippen molar-refractivity contribution in [1.82, 2.24) is 43.7 Å². The standard InChI is InChI=1S/C23H23ClN6O3S2.C23H25N5O4S.C21H20N4O6S2.C21H21N3O4S2.7H2/c1-16-13-28(19-4-6-20(7-5-19)35(32,33)27-23-25-15-26-34-23)10-11-30(16)22(31)14-29-9-8-17-2-3-18(24)12-21(17)29;1-32-22(18-5-3-2-4-6-18)23(29)28-15-13-27(14-16-28)19-7-9-20(10-8-19)33(30,31)26-21-11-12-24-17-25-21;1-30-16-6-2-14(3-7-16)23-21(27)31-18-10-12-25(19(18)26)15-4-8-17(9-5-15)33(28,29)24-20-22-11-13-32-20;1-14-4-3-5-18(15(14)2)28-19-10-12-24(20(19)25)16-6-8-17(9-7-16)30(26,27)23-21-22-11-13-29-21;;;;;;;/h2-9,12,15-16H,10-11,13-14H2,1H3,(H,25,26,27);2-12,17,22H,13-16H2,1H3,(H,24,25,26);2-9,11,13,18H,10,12H2,1H3,(H,22,24)(H,23,27);3-9,11,13,19H,10,12H2,1-2H3,(H,22,23);7*1H/t16-;22-;18-;;;;;;;;/m000......../s1. The molecule has 17 rings (SSSR count). The van der Waals surface area contributed by atoms with E-state index in [0.29, 0.717) is 110 Å². The first-order valence-electron chi connectivity index (χ1n) is 40.7. The number of piperazine rings is 2. The maximum atomic E-state index is 13.1. The molecule has 0 spiro atoms. The van der Waals surface area contributed by atoms with Crippen molar-refractivity contribution < 1.29 is 86.6 Å². The minimum atomic E-state index is -3.79. The van der Waals surface area contributed by atoms with Gasteiger partial charge < -0.3 is 52.9 Å². The lowest BCUT2D eigenvalue weighted by molar-refractivity contribution is -0.142. The summed E-state index contributed by atoms with van der Waals surface area (Å²) >= 11 is 9.49. The minimum absolute atomic E-state index is 0. The SMILES string of the molecule is CO[C@H](C(=O)N1CCN(c2ccc(S(=O)(=O)Nc3ccncn3)cc2)CC1)c1ccccc1.COc1ccc(NC(=O)O[C@H]2CCN(c3ccc(S(=O)(=O)Nc4nccs4)cc3)C2=O)cc1.C[C@H]1CN(c2ccc(S(=O)(=O)Nc3ncns3)cc2)CCN1C(=O)Cn1ccc2ccc(Cl)cc21.Cc1cccc(OC2CCN(c3ccc(S(=O)(=O)Nc4nccs4)cc3)C2=O)c1C.[HH].[HH].[HH].[HH].[HH].[HH].[HH]. The number of ether oxygens (including phenoxy) is 4. The number of aromatic nitrogens is 7. The molecule has 0 bridgehead atoms. The number of benzene rings is 8. The van der Waals surface area contributed by atoms with Crippen molar-refractivity contribution in [2.24, 2.45) is 0 Å². The van der Waals surface area contributed by atoms with E-state index in [9.17, 15) is 57.6 Å². The lowest BCUT2D eigenvalue weighted by atomic mass is 10.1. The van der Waals surface area contributed by atoms with Gasteiger partial charge in [-0.15, -0.1) is 22.7 Å². The van der Waals surface area contributed by atoms with Gasteiger partial charge in [0, 0.05) is 181 Å². The van der Waals surface area contributed by atoms with Crippen LogP contribution in [0.25, 0.3) is 10.9 Å². The van der Waals surface area contributed by atoms with Crippen molar-refractivity contribution in [1.29, 1.82) is 0 Å². The third kappa shape index (κ3) is 23.7. The Morgan fingerprint density at radius 2 is 1.10 bits per heavy atom. The van der Waals surface area contributed by atoms with Crippen molar-refractivity contribution in [3.8, 4) is 11.5 Å². The number of hydrogen-bond donors (Lipinski definition) is 5. The molecule has 13 aromatic rings. The number of amides is 5. The largest absolute Gasteiger partial charge is 0.497 e. The molecular formula is C88H103ClN18O17S7. The van der Waals surface area contributed by atoms with Gasteiger partial charge in [0.25, 0.3) is 57.8 Å². The molecule has 4 atom stereocenters. The van der Waals surface area contributed by atoms with Crippen LogP contribution in [-0.2, 0) is 75.3 Å².